The number of oxime groups is 1. The van der Waals surface area contributed by atoms with Crippen LogP contribution in [0, 0.1) is 0 Å². The zero-order chi connectivity index (χ0) is 24.8. The fourth-order valence-electron chi connectivity index (χ4n) is 5.54. The predicted molar refractivity (Wildman–Crippen MR) is 133 cm³/mol. The monoisotopic (exact) mass is 487 g/mol. The minimum Gasteiger partial charge on any atom is -0.450 e. The molecule has 35 heavy (non-hydrogen) atoms. The molecule has 2 saturated carbocycles. The molecule has 3 N–H and O–H groups in total. The number of carbonyl (C=O) groups is 1. The summed E-state index contributed by atoms with van der Waals surface area (Å²) < 4.78 is 7.81. The summed E-state index contributed by atoms with van der Waals surface area (Å²) in [6.45, 7) is 5.77. The standard InChI is InChI=1S/C24H35N5O2.CH2O3/c1-3-29-23-20(16-26-29)22(27-17-8-6-5-7-9-17)19(15-25-23)21-14-24(31-28-21)12-10-18(11-13-24)30-4-2;2-1(3)4/h15-18H,3-14H2,1-2H3,(H,25,27);(H2,2,3,4). The third-order valence-electron chi connectivity index (χ3n) is 7.32. The Bertz CT molecular complexity index is 1030. The van der Waals surface area contributed by atoms with Gasteiger partial charge in [0.2, 0.25) is 0 Å². The van der Waals surface area contributed by atoms with Crippen LogP contribution in [0.3, 0.4) is 0 Å². The molecular weight excluding hydrogens is 450 g/mol. The Morgan fingerprint density at radius 3 is 2.54 bits per heavy atom. The molecule has 2 aromatic rings. The number of hydrogen-bond donors (Lipinski definition) is 3. The van der Waals surface area contributed by atoms with Crippen molar-refractivity contribution in [1.82, 2.24) is 14.8 Å². The summed E-state index contributed by atoms with van der Waals surface area (Å²) in [6.07, 6.45) is 13.8. The van der Waals surface area contributed by atoms with Crippen LogP contribution < -0.4 is 5.32 Å². The van der Waals surface area contributed by atoms with E-state index in [1.54, 1.807) is 0 Å². The van der Waals surface area contributed by atoms with Crippen LogP contribution in [0.15, 0.2) is 17.5 Å². The number of fused-ring (bicyclic) bond motifs is 1. The molecule has 2 aromatic heterocycles. The highest BCUT2D eigenvalue weighted by Crippen LogP contribution is 2.42. The second-order valence-corrected chi connectivity index (χ2v) is 9.65. The number of ether oxygens (including phenoxy) is 1. The van der Waals surface area contributed by atoms with E-state index in [0.29, 0.717) is 12.1 Å². The number of aromatic nitrogens is 3. The van der Waals surface area contributed by atoms with E-state index in [9.17, 15) is 0 Å². The maximum Gasteiger partial charge on any atom is 0.503 e. The predicted octanol–water partition coefficient (Wildman–Crippen LogP) is 5.26. The second kappa shape index (κ2) is 11.2. The highest BCUT2D eigenvalue weighted by molar-refractivity contribution is 6.10. The number of nitrogens with one attached hydrogen (secondary N) is 1. The summed E-state index contributed by atoms with van der Waals surface area (Å²) in [5.41, 5.74) is 4.01. The van der Waals surface area contributed by atoms with Crippen molar-refractivity contribution in [2.45, 2.75) is 102 Å². The molecule has 1 spiro atoms. The number of carboxylic acid groups (broad SMARTS) is 2. The molecule has 0 aromatic carbocycles. The van der Waals surface area contributed by atoms with Gasteiger partial charge in [-0.3, -0.25) is 0 Å². The summed E-state index contributed by atoms with van der Waals surface area (Å²) in [7, 11) is 0. The van der Waals surface area contributed by atoms with Crippen molar-refractivity contribution in [3.05, 3.63) is 18.0 Å². The van der Waals surface area contributed by atoms with Crippen LogP contribution in [-0.2, 0) is 16.1 Å². The first-order chi connectivity index (χ1) is 16.9. The Morgan fingerprint density at radius 1 is 1.17 bits per heavy atom. The highest BCUT2D eigenvalue weighted by Gasteiger charge is 2.43. The zero-order valence-corrected chi connectivity index (χ0v) is 20.7. The summed E-state index contributed by atoms with van der Waals surface area (Å²) in [6, 6.07) is 0.501. The van der Waals surface area contributed by atoms with Crippen LogP contribution in [0.4, 0.5) is 10.5 Å². The quantitative estimate of drug-likeness (QED) is 0.503. The van der Waals surface area contributed by atoms with Gasteiger partial charge in [-0.25, -0.2) is 14.5 Å². The molecule has 192 valence electrons. The first-order valence-electron chi connectivity index (χ1n) is 12.8. The van der Waals surface area contributed by atoms with Crippen molar-refractivity contribution in [1.29, 1.82) is 0 Å². The van der Waals surface area contributed by atoms with Gasteiger partial charge in [-0.05, 0) is 52.4 Å². The SMILES string of the molecule is CCOC1CCC2(CC1)CC(c1cnc3c(cnn3CC)c1NC1CCCCC1)=NO2.O=C(O)O. The summed E-state index contributed by atoms with van der Waals surface area (Å²) in [5, 5.41) is 28.1. The molecule has 2 aliphatic carbocycles. The first kappa shape index (κ1) is 25.2. The van der Waals surface area contributed by atoms with E-state index in [-0.39, 0.29) is 5.60 Å². The average Bonchev–Trinajstić information content (AvgIpc) is 3.46. The topological polar surface area (TPSA) is 131 Å². The Balaban J connectivity index is 0.000000672. The van der Waals surface area contributed by atoms with Gasteiger partial charge in [0.1, 0.15) is 5.60 Å². The molecule has 0 unspecified atom stereocenters. The minimum absolute atomic E-state index is 0.173. The van der Waals surface area contributed by atoms with Crippen molar-refractivity contribution >= 4 is 28.6 Å². The molecule has 10 heteroatoms. The van der Waals surface area contributed by atoms with Gasteiger partial charge in [0.05, 0.1) is 29.1 Å². The van der Waals surface area contributed by atoms with E-state index in [4.69, 9.17) is 29.6 Å². The second-order valence-electron chi connectivity index (χ2n) is 9.65. The number of pyridine rings is 1. The maximum absolute atomic E-state index is 8.56. The Hall–Kier alpha value is -2.88. The first-order valence-corrected chi connectivity index (χ1v) is 12.8. The van der Waals surface area contributed by atoms with Crippen molar-refractivity contribution in [2.24, 2.45) is 5.16 Å². The highest BCUT2D eigenvalue weighted by atomic mass is 16.7. The molecular formula is C25H37N5O5. The lowest BCUT2D eigenvalue weighted by Crippen LogP contribution is -2.37. The number of aryl methyl sites for hydroxylation is 1. The summed E-state index contributed by atoms with van der Waals surface area (Å²) in [4.78, 5) is 19.5. The Labute approximate surface area is 205 Å². The number of nitrogens with zero attached hydrogens (tertiary/aromatic N) is 4. The maximum atomic E-state index is 8.56. The normalized spacial score (nSPS) is 24.5. The van der Waals surface area contributed by atoms with Gasteiger partial charge in [-0.15, -0.1) is 0 Å². The molecule has 3 heterocycles. The van der Waals surface area contributed by atoms with Crippen LogP contribution in [0.1, 0.15) is 83.6 Å². The van der Waals surface area contributed by atoms with Gasteiger partial charge in [-0.1, -0.05) is 24.4 Å². The molecule has 0 bridgehead atoms. The fourth-order valence-corrected chi connectivity index (χ4v) is 5.54. The Morgan fingerprint density at radius 2 is 1.89 bits per heavy atom. The van der Waals surface area contributed by atoms with Gasteiger partial charge in [0.25, 0.3) is 0 Å². The smallest absolute Gasteiger partial charge is 0.450 e. The molecule has 10 nitrogen and oxygen atoms in total. The average molecular weight is 488 g/mol. The van der Waals surface area contributed by atoms with Crippen molar-refractivity contribution in [3.8, 4) is 0 Å². The Kier molecular flexibility index (Phi) is 8.10. The van der Waals surface area contributed by atoms with E-state index in [1.165, 1.54) is 32.1 Å². The van der Waals surface area contributed by atoms with Gasteiger partial charge >= 0.3 is 6.16 Å². The molecule has 3 aliphatic rings. The van der Waals surface area contributed by atoms with Crippen molar-refractivity contribution in [2.75, 3.05) is 11.9 Å². The van der Waals surface area contributed by atoms with Crippen LogP contribution in [0.5, 0.6) is 0 Å². The minimum atomic E-state index is -1.83. The lowest BCUT2D eigenvalue weighted by atomic mass is 9.79. The van der Waals surface area contributed by atoms with Crippen LogP contribution in [0.25, 0.3) is 11.0 Å². The lowest BCUT2D eigenvalue weighted by molar-refractivity contribution is -0.0803. The molecule has 1 aliphatic heterocycles. The molecule has 0 radical (unpaired) electrons. The summed E-state index contributed by atoms with van der Waals surface area (Å²) in [5.74, 6) is 0. The largest absolute Gasteiger partial charge is 0.503 e. The molecule has 0 amide bonds. The van der Waals surface area contributed by atoms with E-state index in [1.807, 2.05) is 17.1 Å². The third kappa shape index (κ3) is 5.86. The van der Waals surface area contributed by atoms with Gasteiger partial charge < -0.3 is 25.1 Å². The molecule has 0 atom stereocenters. The lowest BCUT2D eigenvalue weighted by Gasteiger charge is -2.34. The molecule has 5 rings (SSSR count). The van der Waals surface area contributed by atoms with E-state index < -0.39 is 6.16 Å². The zero-order valence-electron chi connectivity index (χ0n) is 20.7. The van der Waals surface area contributed by atoms with Crippen molar-refractivity contribution in [3.63, 3.8) is 0 Å². The van der Waals surface area contributed by atoms with Crippen LogP contribution in [-0.4, -0.2) is 61.2 Å². The van der Waals surface area contributed by atoms with E-state index in [0.717, 1.165) is 73.3 Å². The van der Waals surface area contributed by atoms with Gasteiger partial charge in [0.15, 0.2) is 5.65 Å². The van der Waals surface area contributed by atoms with E-state index in [2.05, 4.69) is 29.4 Å². The van der Waals surface area contributed by atoms with Gasteiger partial charge in [0, 0.05) is 37.4 Å². The fraction of sp³-hybridized carbons (Fsp3) is 0.680. The van der Waals surface area contributed by atoms with Gasteiger partial charge in [-0.2, -0.15) is 5.10 Å². The number of anilines is 1. The number of hydrogen-bond acceptors (Lipinski definition) is 7. The van der Waals surface area contributed by atoms with Crippen LogP contribution in [0.2, 0.25) is 0 Å². The van der Waals surface area contributed by atoms with E-state index >= 15 is 0 Å². The van der Waals surface area contributed by atoms with Crippen molar-refractivity contribution < 1.29 is 24.6 Å². The number of rotatable bonds is 6. The molecule has 2 fully saturated rings. The third-order valence-corrected chi connectivity index (χ3v) is 7.32. The van der Waals surface area contributed by atoms with Crippen LogP contribution >= 0.6 is 0 Å². The molecule has 0 saturated heterocycles. The summed E-state index contributed by atoms with van der Waals surface area (Å²) >= 11 is 0.